The summed E-state index contributed by atoms with van der Waals surface area (Å²) in [7, 11) is 0. The van der Waals surface area contributed by atoms with Gasteiger partial charge in [0.2, 0.25) is 0 Å². The molecule has 2 heterocycles. The molecule has 0 radical (unpaired) electrons. The van der Waals surface area contributed by atoms with Gasteiger partial charge in [0.15, 0.2) is 0 Å². The third kappa shape index (κ3) is 4.52. The summed E-state index contributed by atoms with van der Waals surface area (Å²) in [6.45, 7) is 4.21. The normalized spacial score (nSPS) is 15.8. The quantitative estimate of drug-likeness (QED) is 0.809. The van der Waals surface area contributed by atoms with Crippen LogP contribution in [0.25, 0.3) is 6.08 Å². The maximum atomic E-state index is 12.5. The van der Waals surface area contributed by atoms with Crippen molar-refractivity contribution in [2.45, 2.75) is 0 Å². The highest BCUT2D eigenvalue weighted by molar-refractivity contribution is 9.10. The number of carbonyl (C=O) groups is 1. The van der Waals surface area contributed by atoms with Gasteiger partial charge >= 0.3 is 0 Å². The van der Waals surface area contributed by atoms with E-state index in [1.807, 2.05) is 29.2 Å². The Morgan fingerprint density at radius 1 is 1.12 bits per heavy atom. The van der Waals surface area contributed by atoms with Crippen molar-refractivity contribution in [1.29, 1.82) is 0 Å². The number of nitrogens with zero attached hydrogens (tertiary/aromatic N) is 3. The fraction of sp³-hybridized carbons (Fsp3) is 0.263. The fourth-order valence-electron chi connectivity index (χ4n) is 2.75. The Bertz CT molecular complexity index is 710. The molecule has 0 bridgehead atoms. The summed E-state index contributed by atoms with van der Waals surface area (Å²) in [4.78, 5) is 20.8. The standard InChI is InChI=1S/C19H20BrN3O/c20-18-13-17(14-21-15-18)19(24)23-11-9-22(10-12-23)8-4-7-16-5-2-1-3-6-16/h1-7,13-15H,8-12H2/b7-4+. The molecule has 1 aliphatic heterocycles. The highest BCUT2D eigenvalue weighted by Crippen LogP contribution is 2.13. The molecule has 0 aliphatic carbocycles. The molecule has 1 aromatic carbocycles. The van der Waals surface area contributed by atoms with E-state index in [1.54, 1.807) is 12.4 Å². The summed E-state index contributed by atoms with van der Waals surface area (Å²) in [6, 6.07) is 12.1. The lowest BCUT2D eigenvalue weighted by Gasteiger charge is -2.34. The number of halogens is 1. The van der Waals surface area contributed by atoms with Crippen molar-refractivity contribution in [3.05, 3.63) is 70.5 Å². The monoisotopic (exact) mass is 385 g/mol. The lowest BCUT2D eigenvalue weighted by atomic mass is 10.2. The van der Waals surface area contributed by atoms with Crippen LogP contribution >= 0.6 is 15.9 Å². The largest absolute Gasteiger partial charge is 0.336 e. The zero-order chi connectivity index (χ0) is 16.8. The minimum atomic E-state index is 0.0586. The number of aromatic nitrogens is 1. The van der Waals surface area contributed by atoms with E-state index >= 15 is 0 Å². The van der Waals surface area contributed by atoms with Gasteiger partial charge in [0.25, 0.3) is 5.91 Å². The van der Waals surface area contributed by atoms with E-state index in [9.17, 15) is 4.79 Å². The average Bonchev–Trinajstić information content (AvgIpc) is 2.63. The third-order valence-corrected chi connectivity index (χ3v) is 4.52. The zero-order valence-corrected chi connectivity index (χ0v) is 15.0. The maximum absolute atomic E-state index is 12.5. The minimum absolute atomic E-state index is 0.0586. The van der Waals surface area contributed by atoms with Crippen molar-refractivity contribution in [2.24, 2.45) is 0 Å². The lowest BCUT2D eigenvalue weighted by Crippen LogP contribution is -2.48. The van der Waals surface area contributed by atoms with Gasteiger partial charge in [0, 0.05) is 49.6 Å². The van der Waals surface area contributed by atoms with Crippen LogP contribution < -0.4 is 0 Å². The highest BCUT2D eigenvalue weighted by Gasteiger charge is 2.21. The molecule has 0 saturated carbocycles. The van der Waals surface area contributed by atoms with Crippen molar-refractivity contribution in [2.75, 3.05) is 32.7 Å². The summed E-state index contributed by atoms with van der Waals surface area (Å²) < 4.78 is 0.832. The Kier molecular flexibility index (Phi) is 5.77. The van der Waals surface area contributed by atoms with Crippen LogP contribution in [0.5, 0.6) is 0 Å². The number of rotatable bonds is 4. The van der Waals surface area contributed by atoms with Gasteiger partial charge in [-0.15, -0.1) is 0 Å². The van der Waals surface area contributed by atoms with E-state index in [-0.39, 0.29) is 5.91 Å². The molecule has 0 N–H and O–H groups in total. The summed E-state index contributed by atoms with van der Waals surface area (Å²) in [5, 5.41) is 0. The molecule has 124 valence electrons. The molecular formula is C19H20BrN3O. The van der Waals surface area contributed by atoms with E-state index in [1.165, 1.54) is 5.56 Å². The second-order valence-electron chi connectivity index (χ2n) is 5.80. The number of pyridine rings is 1. The van der Waals surface area contributed by atoms with E-state index in [0.717, 1.165) is 37.2 Å². The van der Waals surface area contributed by atoms with Crippen LogP contribution in [-0.2, 0) is 0 Å². The van der Waals surface area contributed by atoms with E-state index < -0.39 is 0 Å². The van der Waals surface area contributed by atoms with E-state index in [0.29, 0.717) is 5.56 Å². The number of hydrogen-bond donors (Lipinski definition) is 0. The smallest absolute Gasteiger partial charge is 0.255 e. The van der Waals surface area contributed by atoms with Crippen LogP contribution in [0, 0.1) is 0 Å². The Morgan fingerprint density at radius 2 is 1.88 bits per heavy atom. The predicted molar refractivity (Wildman–Crippen MR) is 99.8 cm³/mol. The molecule has 0 spiro atoms. The van der Waals surface area contributed by atoms with Gasteiger partial charge in [0.05, 0.1) is 5.56 Å². The van der Waals surface area contributed by atoms with Gasteiger partial charge in [-0.3, -0.25) is 14.7 Å². The Balaban J connectivity index is 1.49. The molecule has 3 rings (SSSR count). The predicted octanol–water partition coefficient (Wildman–Crippen LogP) is 3.32. The van der Waals surface area contributed by atoms with Gasteiger partial charge in [-0.2, -0.15) is 0 Å². The molecule has 1 aromatic heterocycles. The van der Waals surface area contributed by atoms with Gasteiger partial charge in [-0.05, 0) is 27.6 Å². The average molecular weight is 386 g/mol. The van der Waals surface area contributed by atoms with E-state index in [4.69, 9.17) is 0 Å². The number of benzene rings is 1. The molecule has 5 heteroatoms. The second-order valence-corrected chi connectivity index (χ2v) is 6.71. The number of piperazine rings is 1. The molecule has 1 aliphatic rings. The minimum Gasteiger partial charge on any atom is -0.336 e. The van der Waals surface area contributed by atoms with Crippen molar-refractivity contribution in [3.63, 3.8) is 0 Å². The van der Waals surface area contributed by atoms with Crippen molar-refractivity contribution < 1.29 is 4.79 Å². The summed E-state index contributed by atoms with van der Waals surface area (Å²) in [5.41, 5.74) is 1.86. The molecule has 1 amide bonds. The van der Waals surface area contributed by atoms with Crippen LogP contribution in [0.15, 0.2) is 59.3 Å². The van der Waals surface area contributed by atoms with Gasteiger partial charge in [-0.1, -0.05) is 42.5 Å². The molecule has 0 unspecified atom stereocenters. The first-order chi connectivity index (χ1) is 11.7. The lowest BCUT2D eigenvalue weighted by molar-refractivity contribution is 0.0650. The summed E-state index contributed by atoms with van der Waals surface area (Å²) in [6.07, 6.45) is 7.64. The second kappa shape index (κ2) is 8.22. The first-order valence-electron chi connectivity index (χ1n) is 8.06. The van der Waals surface area contributed by atoms with Crippen LogP contribution in [0.2, 0.25) is 0 Å². The SMILES string of the molecule is O=C(c1cncc(Br)c1)N1CCN(C/C=C/c2ccccc2)CC1. The summed E-state index contributed by atoms with van der Waals surface area (Å²) in [5.74, 6) is 0.0586. The van der Waals surface area contributed by atoms with Crippen LogP contribution in [0.3, 0.4) is 0 Å². The van der Waals surface area contributed by atoms with Crippen LogP contribution in [-0.4, -0.2) is 53.4 Å². The molecule has 1 saturated heterocycles. The summed E-state index contributed by atoms with van der Waals surface area (Å²) >= 11 is 3.36. The number of amides is 1. The highest BCUT2D eigenvalue weighted by atomic mass is 79.9. The first kappa shape index (κ1) is 16.9. The van der Waals surface area contributed by atoms with Gasteiger partial charge in [-0.25, -0.2) is 0 Å². The van der Waals surface area contributed by atoms with Crippen LogP contribution in [0.4, 0.5) is 0 Å². The molecular weight excluding hydrogens is 366 g/mol. The molecule has 1 fully saturated rings. The van der Waals surface area contributed by atoms with Crippen molar-refractivity contribution in [3.8, 4) is 0 Å². The first-order valence-corrected chi connectivity index (χ1v) is 8.85. The fourth-order valence-corrected chi connectivity index (χ4v) is 3.11. The van der Waals surface area contributed by atoms with Gasteiger partial charge in [0.1, 0.15) is 0 Å². The van der Waals surface area contributed by atoms with E-state index in [2.05, 4.69) is 50.1 Å². The molecule has 4 nitrogen and oxygen atoms in total. The van der Waals surface area contributed by atoms with Crippen LogP contribution in [0.1, 0.15) is 15.9 Å². The Hall–Kier alpha value is -1.98. The topological polar surface area (TPSA) is 36.4 Å². The Morgan fingerprint density at radius 3 is 2.58 bits per heavy atom. The molecule has 2 aromatic rings. The Labute approximate surface area is 150 Å². The van der Waals surface area contributed by atoms with Crippen molar-refractivity contribution >= 4 is 27.9 Å². The van der Waals surface area contributed by atoms with Gasteiger partial charge < -0.3 is 4.90 Å². The number of hydrogen-bond acceptors (Lipinski definition) is 3. The maximum Gasteiger partial charge on any atom is 0.255 e. The number of carbonyl (C=O) groups excluding carboxylic acids is 1. The molecule has 24 heavy (non-hydrogen) atoms. The third-order valence-electron chi connectivity index (χ3n) is 4.08. The zero-order valence-electron chi connectivity index (χ0n) is 13.4. The van der Waals surface area contributed by atoms with Crippen molar-refractivity contribution in [1.82, 2.24) is 14.8 Å². The molecule has 0 atom stereocenters.